The van der Waals surface area contributed by atoms with E-state index in [1.54, 1.807) is 7.05 Å². The summed E-state index contributed by atoms with van der Waals surface area (Å²) in [4.78, 5) is 10.9. The Morgan fingerprint density at radius 3 is 2.69 bits per heavy atom. The van der Waals surface area contributed by atoms with Gasteiger partial charge in [-0.2, -0.15) is 0 Å². The van der Waals surface area contributed by atoms with E-state index in [-0.39, 0.29) is 12.2 Å². The molecule has 0 aliphatic heterocycles. The molecule has 77 valence electrons. The standard InChI is InChI=1S/C10H20NO2/c1-4-6-7-8-9(5-2)13-10(12)11-3/h9H,1,4-8H2,2-3H3,(H,11,12). The molecule has 0 aromatic rings. The van der Waals surface area contributed by atoms with Gasteiger partial charge >= 0.3 is 6.09 Å². The first kappa shape index (κ1) is 12.3. The first-order valence-corrected chi connectivity index (χ1v) is 4.92. The highest BCUT2D eigenvalue weighted by Gasteiger charge is 2.09. The normalized spacial score (nSPS) is 12.2. The quantitative estimate of drug-likeness (QED) is 0.647. The van der Waals surface area contributed by atoms with Gasteiger partial charge in [0.1, 0.15) is 6.10 Å². The van der Waals surface area contributed by atoms with Crippen LogP contribution in [0.1, 0.15) is 39.0 Å². The van der Waals surface area contributed by atoms with Crippen LogP contribution >= 0.6 is 0 Å². The molecule has 0 spiro atoms. The summed E-state index contributed by atoms with van der Waals surface area (Å²) in [5.74, 6) is 0. The molecule has 1 amide bonds. The highest BCUT2D eigenvalue weighted by molar-refractivity contribution is 5.66. The molecule has 3 nitrogen and oxygen atoms in total. The molecule has 0 aliphatic carbocycles. The van der Waals surface area contributed by atoms with E-state index >= 15 is 0 Å². The number of carbonyl (C=O) groups is 1. The molecule has 0 saturated carbocycles. The fourth-order valence-corrected chi connectivity index (χ4v) is 1.11. The number of alkyl carbamates (subject to hydrolysis) is 1. The number of amides is 1. The van der Waals surface area contributed by atoms with Gasteiger partial charge < -0.3 is 10.1 Å². The maximum Gasteiger partial charge on any atom is 0.407 e. The van der Waals surface area contributed by atoms with Gasteiger partial charge in [0, 0.05) is 7.05 Å². The Balaban J connectivity index is 3.56. The van der Waals surface area contributed by atoms with Gasteiger partial charge in [-0.3, -0.25) is 0 Å². The van der Waals surface area contributed by atoms with Crippen LogP contribution in [0, 0.1) is 6.92 Å². The van der Waals surface area contributed by atoms with E-state index in [4.69, 9.17) is 4.74 Å². The monoisotopic (exact) mass is 186 g/mol. The van der Waals surface area contributed by atoms with E-state index in [1.807, 2.05) is 6.92 Å². The van der Waals surface area contributed by atoms with Crippen molar-refractivity contribution in [3.05, 3.63) is 6.92 Å². The predicted octanol–water partition coefficient (Wildman–Crippen LogP) is 2.52. The average molecular weight is 186 g/mol. The number of hydrogen-bond acceptors (Lipinski definition) is 2. The number of carbonyl (C=O) groups excluding carboxylic acids is 1. The lowest BCUT2D eigenvalue weighted by Gasteiger charge is -2.15. The molecule has 1 radical (unpaired) electrons. The molecule has 0 aromatic heterocycles. The second kappa shape index (κ2) is 7.90. The number of hydrogen-bond donors (Lipinski definition) is 1. The van der Waals surface area contributed by atoms with Crippen LogP contribution in [0.5, 0.6) is 0 Å². The van der Waals surface area contributed by atoms with E-state index in [0.717, 1.165) is 32.1 Å². The summed E-state index contributed by atoms with van der Waals surface area (Å²) in [6.45, 7) is 5.79. The van der Waals surface area contributed by atoms with Gasteiger partial charge in [-0.15, -0.1) is 0 Å². The highest BCUT2D eigenvalue weighted by atomic mass is 16.6. The Labute approximate surface area is 80.8 Å². The van der Waals surface area contributed by atoms with Crippen molar-refractivity contribution >= 4 is 6.09 Å². The molecular formula is C10H20NO2. The van der Waals surface area contributed by atoms with Gasteiger partial charge in [-0.25, -0.2) is 4.79 Å². The van der Waals surface area contributed by atoms with Crippen molar-refractivity contribution in [1.82, 2.24) is 5.32 Å². The minimum absolute atomic E-state index is 0.0616. The number of unbranched alkanes of at least 4 members (excludes halogenated alkanes) is 2. The molecule has 0 aliphatic rings. The van der Waals surface area contributed by atoms with Gasteiger partial charge in [0.05, 0.1) is 0 Å². The smallest absolute Gasteiger partial charge is 0.407 e. The third kappa shape index (κ3) is 6.43. The molecule has 1 atom stereocenters. The van der Waals surface area contributed by atoms with Crippen LogP contribution in [0.15, 0.2) is 0 Å². The molecule has 0 fully saturated rings. The Hall–Kier alpha value is -0.730. The Morgan fingerprint density at radius 2 is 2.23 bits per heavy atom. The molecule has 1 N–H and O–H groups in total. The van der Waals surface area contributed by atoms with E-state index in [0.29, 0.717) is 0 Å². The topological polar surface area (TPSA) is 38.3 Å². The number of nitrogens with one attached hydrogen (secondary N) is 1. The largest absolute Gasteiger partial charge is 0.446 e. The molecule has 1 unspecified atom stereocenters. The van der Waals surface area contributed by atoms with Gasteiger partial charge in [0.25, 0.3) is 0 Å². The predicted molar refractivity (Wildman–Crippen MR) is 53.4 cm³/mol. The summed E-state index contributed by atoms with van der Waals surface area (Å²) in [6.07, 6.45) is 4.69. The van der Waals surface area contributed by atoms with E-state index < -0.39 is 0 Å². The second-order valence-corrected chi connectivity index (χ2v) is 3.03. The summed E-state index contributed by atoms with van der Waals surface area (Å²) < 4.78 is 5.12. The van der Waals surface area contributed by atoms with Crippen LogP contribution in [-0.4, -0.2) is 19.2 Å². The van der Waals surface area contributed by atoms with Crippen molar-refractivity contribution in [3.63, 3.8) is 0 Å². The van der Waals surface area contributed by atoms with Crippen LogP contribution in [0.25, 0.3) is 0 Å². The van der Waals surface area contributed by atoms with E-state index in [9.17, 15) is 4.79 Å². The third-order valence-corrected chi connectivity index (χ3v) is 1.96. The van der Waals surface area contributed by atoms with Crippen molar-refractivity contribution < 1.29 is 9.53 Å². The lowest BCUT2D eigenvalue weighted by atomic mass is 10.1. The van der Waals surface area contributed by atoms with E-state index in [2.05, 4.69) is 12.2 Å². The molecular weight excluding hydrogens is 166 g/mol. The SMILES string of the molecule is [CH2]CCCCC(CC)OC(=O)NC. The molecule has 0 rings (SSSR count). The number of rotatable bonds is 6. The van der Waals surface area contributed by atoms with Crippen LogP contribution < -0.4 is 5.32 Å². The highest BCUT2D eigenvalue weighted by Crippen LogP contribution is 2.09. The maximum atomic E-state index is 10.9. The van der Waals surface area contributed by atoms with Gasteiger partial charge in [0.15, 0.2) is 0 Å². The van der Waals surface area contributed by atoms with Crippen molar-refractivity contribution in [1.29, 1.82) is 0 Å². The Bertz CT molecular complexity index is 137. The van der Waals surface area contributed by atoms with Crippen LogP contribution in [0.3, 0.4) is 0 Å². The fourth-order valence-electron chi connectivity index (χ4n) is 1.11. The zero-order valence-electron chi connectivity index (χ0n) is 8.64. The van der Waals surface area contributed by atoms with Crippen molar-refractivity contribution in [3.8, 4) is 0 Å². The summed E-state index contributed by atoms with van der Waals surface area (Å²) in [7, 11) is 1.57. The summed E-state index contributed by atoms with van der Waals surface area (Å²) in [5.41, 5.74) is 0. The van der Waals surface area contributed by atoms with Crippen molar-refractivity contribution in [2.24, 2.45) is 0 Å². The van der Waals surface area contributed by atoms with Crippen LogP contribution in [0.2, 0.25) is 0 Å². The van der Waals surface area contributed by atoms with Crippen LogP contribution in [-0.2, 0) is 4.74 Å². The summed E-state index contributed by atoms with van der Waals surface area (Å²) in [5, 5.41) is 2.45. The van der Waals surface area contributed by atoms with Crippen molar-refractivity contribution in [2.45, 2.75) is 45.1 Å². The third-order valence-electron chi connectivity index (χ3n) is 1.96. The maximum absolute atomic E-state index is 10.9. The lowest BCUT2D eigenvalue weighted by Crippen LogP contribution is -2.25. The van der Waals surface area contributed by atoms with Crippen LogP contribution in [0.4, 0.5) is 4.79 Å². The van der Waals surface area contributed by atoms with Gasteiger partial charge in [-0.1, -0.05) is 26.7 Å². The first-order valence-electron chi connectivity index (χ1n) is 4.92. The molecule has 0 bridgehead atoms. The van der Waals surface area contributed by atoms with Gasteiger partial charge in [0.2, 0.25) is 0 Å². The van der Waals surface area contributed by atoms with Gasteiger partial charge in [-0.05, 0) is 19.3 Å². The Morgan fingerprint density at radius 1 is 1.54 bits per heavy atom. The zero-order valence-corrected chi connectivity index (χ0v) is 8.64. The van der Waals surface area contributed by atoms with Crippen molar-refractivity contribution in [2.75, 3.05) is 7.05 Å². The minimum Gasteiger partial charge on any atom is -0.446 e. The fraction of sp³-hybridized carbons (Fsp3) is 0.800. The molecule has 13 heavy (non-hydrogen) atoms. The Kier molecular flexibility index (Phi) is 7.45. The first-order chi connectivity index (χ1) is 6.24. The molecule has 0 aromatic carbocycles. The lowest BCUT2D eigenvalue weighted by molar-refractivity contribution is 0.0905. The molecule has 0 heterocycles. The molecule has 3 heteroatoms. The minimum atomic E-state index is -0.332. The second-order valence-electron chi connectivity index (χ2n) is 3.03. The number of ether oxygens (including phenoxy) is 1. The summed E-state index contributed by atoms with van der Waals surface area (Å²) >= 11 is 0. The summed E-state index contributed by atoms with van der Waals surface area (Å²) in [6, 6.07) is 0. The van der Waals surface area contributed by atoms with E-state index in [1.165, 1.54) is 0 Å². The zero-order chi connectivity index (χ0) is 10.1. The molecule has 0 saturated heterocycles. The average Bonchev–Trinajstić information content (AvgIpc) is 2.16.